The van der Waals surface area contributed by atoms with Crippen LogP contribution in [0.25, 0.3) is 0 Å². The van der Waals surface area contributed by atoms with Crippen LogP contribution >= 0.6 is 11.6 Å². The molecule has 0 bridgehead atoms. The molecule has 2 rings (SSSR count). The zero-order valence-electron chi connectivity index (χ0n) is 11.2. The number of nitrogens with two attached hydrogens (primary N) is 1. The molecule has 1 aromatic rings. The molecule has 0 aromatic heterocycles. The lowest BCUT2D eigenvalue weighted by molar-refractivity contribution is 0.0932. The van der Waals surface area contributed by atoms with Gasteiger partial charge in [-0.3, -0.25) is 4.79 Å². The average Bonchev–Trinajstić information content (AvgIpc) is 2.85. The van der Waals surface area contributed by atoms with E-state index in [1.54, 1.807) is 18.2 Å². The molecular weight excluding hydrogens is 262 g/mol. The van der Waals surface area contributed by atoms with Gasteiger partial charge in [-0.2, -0.15) is 0 Å². The molecule has 1 aliphatic heterocycles. The van der Waals surface area contributed by atoms with E-state index in [1.807, 2.05) is 6.92 Å². The van der Waals surface area contributed by atoms with Crippen molar-refractivity contribution < 1.29 is 4.79 Å². The Balaban J connectivity index is 1.94. The summed E-state index contributed by atoms with van der Waals surface area (Å²) in [6.07, 6.45) is 2.50. The zero-order valence-corrected chi connectivity index (χ0v) is 11.9. The first kappa shape index (κ1) is 14.2. The van der Waals surface area contributed by atoms with E-state index in [0.717, 1.165) is 19.6 Å². The molecular formula is C14H20ClN3O. The topological polar surface area (TPSA) is 58.4 Å². The zero-order chi connectivity index (χ0) is 13.8. The van der Waals surface area contributed by atoms with Crippen LogP contribution in [0.5, 0.6) is 0 Å². The van der Waals surface area contributed by atoms with Crippen LogP contribution in [0.2, 0.25) is 5.02 Å². The second kappa shape index (κ2) is 6.26. The highest BCUT2D eigenvalue weighted by Gasteiger charge is 2.18. The van der Waals surface area contributed by atoms with Gasteiger partial charge >= 0.3 is 0 Å². The van der Waals surface area contributed by atoms with Crippen molar-refractivity contribution in [2.75, 3.05) is 25.4 Å². The predicted octanol–water partition coefficient (Wildman–Crippen LogP) is 2.14. The first-order valence-corrected chi connectivity index (χ1v) is 7.03. The normalized spacial score (nSPS) is 17.4. The van der Waals surface area contributed by atoms with Gasteiger partial charge in [-0.25, -0.2) is 0 Å². The molecule has 1 heterocycles. The Morgan fingerprint density at radius 3 is 2.84 bits per heavy atom. The van der Waals surface area contributed by atoms with Crippen LogP contribution in [0.3, 0.4) is 0 Å². The van der Waals surface area contributed by atoms with Crippen LogP contribution in [0.1, 0.15) is 30.1 Å². The van der Waals surface area contributed by atoms with Gasteiger partial charge in [0.15, 0.2) is 0 Å². The highest BCUT2D eigenvalue weighted by atomic mass is 35.5. The van der Waals surface area contributed by atoms with Crippen molar-refractivity contribution in [2.24, 2.45) is 0 Å². The number of amides is 1. The minimum absolute atomic E-state index is 0.100. The molecule has 0 aliphatic carbocycles. The molecule has 0 radical (unpaired) electrons. The summed E-state index contributed by atoms with van der Waals surface area (Å²) in [5.41, 5.74) is 6.57. The van der Waals surface area contributed by atoms with Crippen LogP contribution in [0.4, 0.5) is 5.69 Å². The standard InChI is InChI=1S/C14H20ClN3O/c1-10(9-18-7-2-3-8-18)17-14(19)11-5-4-6-12(16)13(11)15/h4-6,10H,2-3,7-9,16H2,1H3,(H,17,19). The monoisotopic (exact) mass is 281 g/mol. The van der Waals surface area contributed by atoms with E-state index in [0.29, 0.717) is 16.3 Å². The third-order valence-corrected chi connectivity index (χ3v) is 3.80. The summed E-state index contributed by atoms with van der Waals surface area (Å²) in [7, 11) is 0. The SMILES string of the molecule is CC(CN1CCCC1)NC(=O)c1cccc(N)c1Cl. The lowest BCUT2D eigenvalue weighted by Gasteiger charge is -2.21. The van der Waals surface area contributed by atoms with Crippen LogP contribution in [0.15, 0.2) is 18.2 Å². The molecule has 1 aromatic carbocycles. The fourth-order valence-electron chi connectivity index (χ4n) is 2.42. The summed E-state index contributed by atoms with van der Waals surface area (Å²) >= 11 is 6.05. The highest BCUT2D eigenvalue weighted by Crippen LogP contribution is 2.22. The number of hydrogen-bond donors (Lipinski definition) is 2. The molecule has 5 heteroatoms. The van der Waals surface area contributed by atoms with Crippen LogP contribution in [-0.4, -0.2) is 36.5 Å². The first-order valence-electron chi connectivity index (χ1n) is 6.65. The molecule has 3 N–H and O–H groups in total. The number of carbonyl (C=O) groups is 1. The molecule has 104 valence electrons. The third-order valence-electron chi connectivity index (χ3n) is 3.38. The Labute approximate surface area is 118 Å². The molecule has 1 atom stereocenters. The Morgan fingerprint density at radius 2 is 2.16 bits per heavy atom. The molecule has 1 unspecified atom stereocenters. The number of anilines is 1. The van der Waals surface area contributed by atoms with E-state index in [4.69, 9.17) is 17.3 Å². The quantitative estimate of drug-likeness (QED) is 0.832. The largest absolute Gasteiger partial charge is 0.398 e. The lowest BCUT2D eigenvalue weighted by atomic mass is 10.1. The number of nitrogens with one attached hydrogen (secondary N) is 1. The van der Waals surface area contributed by atoms with Crippen molar-refractivity contribution >= 4 is 23.2 Å². The third kappa shape index (κ3) is 3.61. The van der Waals surface area contributed by atoms with Crippen LogP contribution in [0, 0.1) is 0 Å². The summed E-state index contributed by atoms with van der Waals surface area (Å²) in [4.78, 5) is 14.5. The van der Waals surface area contributed by atoms with Gasteiger partial charge in [0.05, 0.1) is 16.3 Å². The van der Waals surface area contributed by atoms with Crippen molar-refractivity contribution in [1.29, 1.82) is 0 Å². The molecule has 1 aliphatic rings. The number of nitrogen functional groups attached to an aromatic ring is 1. The number of rotatable bonds is 4. The van der Waals surface area contributed by atoms with Crippen LogP contribution < -0.4 is 11.1 Å². The van der Waals surface area contributed by atoms with Gasteiger partial charge in [0.2, 0.25) is 0 Å². The van der Waals surface area contributed by atoms with E-state index in [2.05, 4.69) is 10.2 Å². The van der Waals surface area contributed by atoms with Crippen LogP contribution in [-0.2, 0) is 0 Å². The van der Waals surface area contributed by atoms with Crippen molar-refractivity contribution in [2.45, 2.75) is 25.8 Å². The van der Waals surface area contributed by atoms with E-state index < -0.39 is 0 Å². The molecule has 19 heavy (non-hydrogen) atoms. The molecule has 0 saturated carbocycles. The maximum atomic E-state index is 12.1. The molecule has 1 saturated heterocycles. The summed E-state index contributed by atoms with van der Waals surface area (Å²) in [6, 6.07) is 5.22. The van der Waals surface area contributed by atoms with Gasteiger partial charge in [0, 0.05) is 12.6 Å². The molecule has 1 amide bonds. The Morgan fingerprint density at radius 1 is 1.47 bits per heavy atom. The van der Waals surface area contributed by atoms with E-state index in [-0.39, 0.29) is 11.9 Å². The molecule has 0 spiro atoms. The highest BCUT2D eigenvalue weighted by molar-refractivity contribution is 6.36. The van der Waals surface area contributed by atoms with E-state index in [1.165, 1.54) is 12.8 Å². The van der Waals surface area contributed by atoms with Gasteiger partial charge in [-0.1, -0.05) is 17.7 Å². The van der Waals surface area contributed by atoms with Crippen molar-refractivity contribution in [3.8, 4) is 0 Å². The van der Waals surface area contributed by atoms with Gasteiger partial charge in [0.25, 0.3) is 5.91 Å². The number of nitrogens with zero attached hydrogens (tertiary/aromatic N) is 1. The Bertz CT molecular complexity index is 458. The van der Waals surface area contributed by atoms with Crippen molar-refractivity contribution in [3.63, 3.8) is 0 Å². The summed E-state index contributed by atoms with van der Waals surface area (Å²) in [5, 5.41) is 3.30. The fourth-order valence-corrected chi connectivity index (χ4v) is 2.64. The Hall–Kier alpha value is -1.26. The minimum atomic E-state index is -0.163. The predicted molar refractivity (Wildman–Crippen MR) is 78.5 cm³/mol. The van der Waals surface area contributed by atoms with Crippen molar-refractivity contribution in [3.05, 3.63) is 28.8 Å². The molecule has 1 fully saturated rings. The van der Waals surface area contributed by atoms with Gasteiger partial charge in [-0.15, -0.1) is 0 Å². The van der Waals surface area contributed by atoms with E-state index in [9.17, 15) is 4.79 Å². The summed E-state index contributed by atoms with van der Waals surface area (Å²) < 4.78 is 0. The lowest BCUT2D eigenvalue weighted by Crippen LogP contribution is -2.41. The van der Waals surface area contributed by atoms with Gasteiger partial charge in [-0.05, 0) is 45.0 Å². The number of benzene rings is 1. The maximum Gasteiger partial charge on any atom is 0.253 e. The number of likely N-dealkylation sites (tertiary alicyclic amines) is 1. The maximum absolute atomic E-state index is 12.1. The summed E-state index contributed by atoms with van der Waals surface area (Å²) in [6.45, 7) is 5.14. The second-order valence-electron chi connectivity index (χ2n) is 5.09. The number of hydrogen-bond acceptors (Lipinski definition) is 3. The second-order valence-corrected chi connectivity index (χ2v) is 5.47. The van der Waals surface area contributed by atoms with Gasteiger partial charge < -0.3 is 16.0 Å². The van der Waals surface area contributed by atoms with Crippen molar-refractivity contribution in [1.82, 2.24) is 10.2 Å². The van der Waals surface area contributed by atoms with Gasteiger partial charge in [0.1, 0.15) is 0 Å². The summed E-state index contributed by atoms with van der Waals surface area (Å²) in [5.74, 6) is -0.163. The number of halogens is 1. The first-order chi connectivity index (χ1) is 9.08. The minimum Gasteiger partial charge on any atom is -0.398 e. The smallest absolute Gasteiger partial charge is 0.253 e. The number of carbonyl (C=O) groups excluding carboxylic acids is 1. The average molecular weight is 282 g/mol. The van der Waals surface area contributed by atoms with E-state index >= 15 is 0 Å². The molecule has 4 nitrogen and oxygen atoms in total. The fraction of sp³-hybridized carbons (Fsp3) is 0.500. The Kier molecular flexibility index (Phi) is 4.66.